The number of esters is 1. The van der Waals surface area contributed by atoms with Crippen LogP contribution < -0.4 is 5.32 Å². The standard InChI is InChI=1S/C19H18N2O3S/c1-2-3-10-24-19(23)13-4-7-15(8-5-13)21-18(22)14-6-9-16-17(11-14)25-12-20-16/h4-9,11-12H,2-3,10H2,1H3,(H,21,22). The predicted molar refractivity (Wildman–Crippen MR) is 99.2 cm³/mol. The van der Waals surface area contributed by atoms with Crippen molar-refractivity contribution in [3.8, 4) is 0 Å². The Bertz CT molecular complexity index is 887. The largest absolute Gasteiger partial charge is 0.462 e. The summed E-state index contributed by atoms with van der Waals surface area (Å²) in [6.07, 6.45) is 1.83. The highest BCUT2D eigenvalue weighted by atomic mass is 32.1. The highest BCUT2D eigenvalue weighted by molar-refractivity contribution is 7.16. The summed E-state index contributed by atoms with van der Waals surface area (Å²) in [4.78, 5) is 28.4. The molecule has 0 aliphatic carbocycles. The molecule has 0 saturated carbocycles. The highest BCUT2D eigenvalue weighted by Gasteiger charge is 2.10. The van der Waals surface area contributed by atoms with E-state index in [-0.39, 0.29) is 11.9 Å². The van der Waals surface area contributed by atoms with Gasteiger partial charge in [-0.3, -0.25) is 4.79 Å². The number of ether oxygens (including phenoxy) is 1. The van der Waals surface area contributed by atoms with Gasteiger partial charge in [-0.05, 0) is 48.9 Å². The fourth-order valence-corrected chi connectivity index (χ4v) is 3.00. The van der Waals surface area contributed by atoms with Gasteiger partial charge in [0.25, 0.3) is 5.91 Å². The van der Waals surface area contributed by atoms with Crippen molar-refractivity contribution in [2.24, 2.45) is 0 Å². The summed E-state index contributed by atoms with van der Waals surface area (Å²) in [5.41, 5.74) is 4.30. The lowest BCUT2D eigenvalue weighted by molar-refractivity contribution is 0.0499. The molecule has 3 rings (SSSR count). The molecule has 1 amide bonds. The second-order valence-corrected chi connectivity index (χ2v) is 6.44. The maximum atomic E-state index is 12.4. The number of benzene rings is 2. The Labute approximate surface area is 149 Å². The number of unbranched alkanes of at least 4 members (excludes halogenated alkanes) is 1. The van der Waals surface area contributed by atoms with Crippen molar-refractivity contribution in [2.75, 3.05) is 11.9 Å². The van der Waals surface area contributed by atoms with E-state index in [1.54, 1.807) is 35.8 Å². The number of thiazole rings is 1. The molecule has 128 valence electrons. The van der Waals surface area contributed by atoms with Gasteiger partial charge in [-0.1, -0.05) is 13.3 Å². The monoisotopic (exact) mass is 354 g/mol. The number of nitrogens with zero attached hydrogens (tertiary/aromatic N) is 1. The lowest BCUT2D eigenvalue weighted by atomic mass is 10.1. The third kappa shape index (κ3) is 4.22. The minimum atomic E-state index is -0.345. The van der Waals surface area contributed by atoms with E-state index in [0.717, 1.165) is 23.1 Å². The number of nitrogens with one attached hydrogen (secondary N) is 1. The molecule has 1 heterocycles. The summed E-state index contributed by atoms with van der Waals surface area (Å²) in [6.45, 7) is 2.46. The van der Waals surface area contributed by atoms with E-state index in [1.165, 1.54) is 11.3 Å². The van der Waals surface area contributed by atoms with Gasteiger partial charge in [0, 0.05) is 11.3 Å². The number of amides is 1. The minimum Gasteiger partial charge on any atom is -0.462 e. The first-order valence-corrected chi connectivity index (χ1v) is 8.97. The highest BCUT2D eigenvalue weighted by Crippen LogP contribution is 2.20. The van der Waals surface area contributed by atoms with Crippen LogP contribution in [0, 0.1) is 0 Å². The van der Waals surface area contributed by atoms with Crippen LogP contribution in [-0.4, -0.2) is 23.5 Å². The Kier molecular flexibility index (Phi) is 5.40. The third-order valence-electron chi connectivity index (χ3n) is 3.70. The summed E-state index contributed by atoms with van der Waals surface area (Å²) in [5.74, 6) is -0.546. The van der Waals surface area contributed by atoms with E-state index in [4.69, 9.17) is 4.74 Å². The zero-order valence-corrected chi connectivity index (χ0v) is 14.6. The number of carbonyl (C=O) groups is 2. The average molecular weight is 354 g/mol. The lowest BCUT2D eigenvalue weighted by Crippen LogP contribution is -2.12. The minimum absolute atomic E-state index is 0.200. The Morgan fingerprint density at radius 2 is 1.88 bits per heavy atom. The Hall–Kier alpha value is -2.73. The first kappa shape index (κ1) is 17.1. The molecule has 0 spiro atoms. The van der Waals surface area contributed by atoms with Gasteiger partial charge in [0.15, 0.2) is 0 Å². The molecule has 25 heavy (non-hydrogen) atoms. The van der Waals surface area contributed by atoms with Crippen LogP contribution in [0.25, 0.3) is 10.2 Å². The number of anilines is 1. The van der Waals surface area contributed by atoms with Gasteiger partial charge in [-0.25, -0.2) is 9.78 Å². The summed E-state index contributed by atoms with van der Waals surface area (Å²) < 4.78 is 6.13. The van der Waals surface area contributed by atoms with E-state index >= 15 is 0 Å². The van der Waals surface area contributed by atoms with Crippen molar-refractivity contribution in [1.29, 1.82) is 0 Å². The molecule has 3 aromatic rings. The zero-order chi connectivity index (χ0) is 17.6. The first-order valence-electron chi connectivity index (χ1n) is 8.09. The van der Waals surface area contributed by atoms with Gasteiger partial charge in [0.1, 0.15) is 0 Å². The van der Waals surface area contributed by atoms with Crippen LogP contribution in [0.15, 0.2) is 48.0 Å². The van der Waals surface area contributed by atoms with Gasteiger partial charge < -0.3 is 10.1 Å². The number of hydrogen-bond donors (Lipinski definition) is 1. The van der Waals surface area contributed by atoms with Crippen molar-refractivity contribution in [1.82, 2.24) is 4.98 Å². The Morgan fingerprint density at radius 1 is 1.12 bits per heavy atom. The number of aromatic nitrogens is 1. The van der Waals surface area contributed by atoms with E-state index < -0.39 is 0 Å². The smallest absolute Gasteiger partial charge is 0.338 e. The number of carbonyl (C=O) groups excluding carboxylic acids is 2. The molecule has 0 fully saturated rings. The number of fused-ring (bicyclic) bond motifs is 1. The number of rotatable bonds is 6. The van der Waals surface area contributed by atoms with Crippen molar-refractivity contribution >= 4 is 39.1 Å². The van der Waals surface area contributed by atoms with Crippen LogP contribution in [0.3, 0.4) is 0 Å². The van der Waals surface area contributed by atoms with Gasteiger partial charge in [-0.2, -0.15) is 0 Å². The topological polar surface area (TPSA) is 68.3 Å². The van der Waals surface area contributed by atoms with Crippen molar-refractivity contribution in [3.05, 3.63) is 59.1 Å². The molecule has 0 radical (unpaired) electrons. The molecule has 0 saturated heterocycles. The molecule has 0 unspecified atom stereocenters. The molecular formula is C19H18N2O3S. The van der Waals surface area contributed by atoms with E-state index in [9.17, 15) is 9.59 Å². The van der Waals surface area contributed by atoms with Crippen LogP contribution >= 0.6 is 11.3 Å². The summed E-state index contributed by atoms with van der Waals surface area (Å²) >= 11 is 1.50. The van der Waals surface area contributed by atoms with Gasteiger partial charge in [-0.15, -0.1) is 11.3 Å². The van der Waals surface area contributed by atoms with E-state index in [0.29, 0.717) is 23.4 Å². The van der Waals surface area contributed by atoms with Crippen LogP contribution in [0.1, 0.15) is 40.5 Å². The second-order valence-electron chi connectivity index (χ2n) is 5.56. The van der Waals surface area contributed by atoms with Crippen LogP contribution in [0.4, 0.5) is 5.69 Å². The molecule has 6 heteroatoms. The quantitative estimate of drug-likeness (QED) is 0.522. The van der Waals surface area contributed by atoms with Gasteiger partial charge in [0.2, 0.25) is 0 Å². The van der Waals surface area contributed by atoms with Crippen molar-refractivity contribution in [2.45, 2.75) is 19.8 Å². The fraction of sp³-hybridized carbons (Fsp3) is 0.211. The van der Waals surface area contributed by atoms with Gasteiger partial charge >= 0.3 is 5.97 Å². The predicted octanol–water partition coefficient (Wildman–Crippen LogP) is 4.51. The van der Waals surface area contributed by atoms with Crippen LogP contribution in [0.2, 0.25) is 0 Å². The van der Waals surface area contributed by atoms with E-state index in [1.807, 2.05) is 19.1 Å². The summed E-state index contributed by atoms with van der Waals surface area (Å²) in [7, 11) is 0. The van der Waals surface area contributed by atoms with Crippen LogP contribution in [-0.2, 0) is 4.74 Å². The normalized spacial score (nSPS) is 10.6. The molecule has 5 nitrogen and oxygen atoms in total. The molecule has 0 aliphatic heterocycles. The number of hydrogen-bond acceptors (Lipinski definition) is 5. The summed E-state index contributed by atoms with van der Waals surface area (Å²) in [6, 6.07) is 12.1. The maximum Gasteiger partial charge on any atom is 0.338 e. The zero-order valence-electron chi connectivity index (χ0n) is 13.8. The first-order chi connectivity index (χ1) is 12.2. The Morgan fingerprint density at radius 3 is 2.64 bits per heavy atom. The molecule has 0 atom stereocenters. The SMILES string of the molecule is CCCCOC(=O)c1ccc(NC(=O)c2ccc3ncsc3c2)cc1. The molecule has 1 N–H and O–H groups in total. The average Bonchev–Trinajstić information content (AvgIpc) is 3.10. The molecule has 2 aromatic carbocycles. The second kappa shape index (κ2) is 7.90. The lowest BCUT2D eigenvalue weighted by Gasteiger charge is -2.07. The fourth-order valence-electron chi connectivity index (χ4n) is 2.28. The van der Waals surface area contributed by atoms with Crippen molar-refractivity contribution < 1.29 is 14.3 Å². The van der Waals surface area contributed by atoms with Crippen LogP contribution in [0.5, 0.6) is 0 Å². The van der Waals surface area contributed by atoms with E-state index in [2.05, 4.69) is 10.3 Å². The summed E-state index contributed by atoms with van der Waals surface area (Å²) in [5, 5.41) is 2.83. The van der Waals surface area contributed by atoms with Crippen molar-refractivity contribution in [3.63, 3.8) is 0 Å². The maximum absolute atomic E-state index is 12.4. The Balaban J connectivity index is 1.64. The van der Waals surface area contributed by atoms with Gasteiger partial charge in [0.05, 0.1) is 27.9 Å². The molecule has 0 bridgehead atoms. The molecular weight excluding hydrogens is 336 g/mol. The molecule has 0 aliphatic rings. The third-order valence-corrected chi connectivity index (χ3v) is 4.49. The molecule has 1 aromatic heterocycles.